The molecule has 0 saturated heterocycles. The second-order valence-corrected chi connectivity index (χ2v) is 4.56. The molecule has 1 aromatic carbocycles. The normalized spacial score (nSPS) is 12.2. The zero-order chi connectivity index (χ0) is 13.7. The Balaban J connectivity index is 2.84. The second-order valence-electron chi connectivity index (χ2n) is 4.56. The van der Waals surface area contributed by atoms with Crippen LogP contribution in [0.4, 0.5) is 5.69 Å². The van der Waals surface area contributed by atoms with E-state index in [2.05, 4.69) is 5.32 Å². The number of hydrogen-bond acceptors (Lipinski definition) is 3. The first-order chi connectivity index (χ1) is 8.41. The minimum absolute atomic E-state index is 0.0494. The van der Waals surface area contributed by atoms with Crippen molar-refractivity contribution >= 4 is 17.5 Å². The molecule has 0 fully saturated rings. The Morgan fingerprint density at radius 3 is 2.44 bits per heavy atom. The SMILES string of the molecule is CC(C)C(N)C(=O)Nc1ccccc1CC(N)=O. The van der Waals surface area contributed by atoms with E-state index in [4.69, 9.17) is 11.5 Å². The van der Waals surface area contributed by atoms with Crippen LogP contribution in [0.2, 0.25) is 0 Å². The summed E-state index contributed by atoms with van der Waals surface area (Å²) in [5, 5.41) is 2.73. The van der Waals surface area contributed by atoms with Crippen molar-refractivity contribution in [3.63, 3.8) is 0 Å². The fourth-order valence-corrected chi connectivity index (χ4v) is 1.50. The van der Waals surface area contributed by atoms with Gasteiger partial charge in [0.05, 0.1) is 12.5 Å². The number of anilines is 1. The third-order valence-corrected chi connectivity index (χ3v) is 2.66. The van der Waals surface area contributed by atoms with Crippen LogP contribution in [0.1, 0.15) is 19.4 Å². The maximum atomic E-state index is 11.8. The number of primary amides is 1. The van der Waals surface area contributed by atoms with E-state index in [1.807, 2.05) is 13.8 Å². The highest BCUT2D eigenvalue weighted by atomic mass is 16.2. The fraction of sp³-hybridized carbons (Fsp3) is 0.385. The zero-order valence-corrected chi connectivity index (χ0v) is 10.6. The number of nitrogens with two attached hydrogens (primary N) is 2. The molecule has 1 aromatic rings. The number of carbonyl (C=O) groups excluding carboxylic acids is 2. The summed E-state index contributed by atoms with van der Waals surface area (Å²) in [6.45, 7) is 3.75. The Kier molecular flexibility index (Phi) is 4.85. The molecular formula is C13H19N3O2. The molecular weight excluding hydrogens is 230 g/mol. The third kappa shape index (κ3) is 3.85. The number of benzene rings is 1. The van der Waals surface area contributed by atoms with Crippen molar-refractivity contribution in [3.8, 4) is 0 Å². The van der Waals surface area contributed by atoms with Gasteiger partial charge in [0, 0.05) is 5.69 Å². The lowest BCUT2D eigenvalue weighted by Gasteiger charge is -2.16. The molecule has 0 radical (unpaired) electrons. The average molecular weight is 249 g/mol. The Morgan fingerprint density at radius 1 is 1.28 bits per heavy atom. The molecule has 1 atom stereocenters. The van der Waals surface area contributed by atoms with Gasteiger partial charge < -0.3 is 16.8 Å². The smallest absolute Gasteiger partial charge is 0.241 e. The molecule has 5 N–H and O–H groups in total. The lowest BCUT2D eigenvalue weighted by Crippen LogP contribution is -2.40. The van der Waals surface area contributed by atoms with E-state index in [0.29, 0.717) is 11.3 Å². The van der Waals surface area contributed by atoms with Crippen molar-refractivity contribution in [2.24, 2.45) is 17.4 Å². The zero-order valence-electron chi connectivity index (χ0n) is 10.6. The number of rotatable bonds is 5. The van der Waals surface area contributed by atoms with E-state index < -0.39 is 11.9 Å². The predicted octanol–water partition coefficient (Wildman–Crippen LogP) is 0.636. The lowest BCUT2D eigenvalue weighted by molar-refractivity contribution is -0.118. The van der Waals surface area contributed by atoms with Gasteiger partial charge >= 0.3 is 0 Å². The molecule has 0 aromatic heterocycles. The summed E-state index contributed by atoms with van der Waals surface area (Å²) in [6.07, 6.45) is 0.0906. The highest BCUT2D eigenvalue weighted by Gasteiger charge is 2.18. The molecule has 0 saturated carbocycles. The number of carbonyl (C=O) groups is 2. The minimum atomic E-state index is -0.577. The van der Waals surface area contributed by atoms with Gasteiger partial charge in [0.15, 0.2) is 0 Å². The quantitative estimate of drug-likeness (QED) is 0.714. The maximum absolute atomic E-state index is 11.8. The van der Waals surface area contributed by atoms with Gasteiger partial charge in [0.1, 0.15) is 0 Å². The second kappa shape index (κ2) is 6.16. The van der Waals surface area contributed by atoms with E-state index in [9.17, 15) is 9.59 Å². The monoisotopic (exact) mass is 249 g/mol. The van der Waals surface area contributed by atoms with Crippen LogP contribution in [0.5, 0.6) is 0 Å². The topological polar surface area (TPSA) is 98.2 Å². The highest BCUT2D eigenvalue weighted by Crippen LogP contribution is 2.16. The lowest BCUT2D eigenvalue weighted by atomic mass is 10.0. The van der Waals surface area contributed by atoms with Crippen LogP contribution in [0.15, 0.2) is 24.3 Å². The van der Waals surface area contributed by atoms with Crippen molar-refractivity contribution in [3.05, 3.63) is 29.8 Å². The molecule has 5 heteroatoms. The Bertz CT molecular complexity index is 444. The number of hydrogen-bond donors (Lipinski definition) is 3. The van der Waals surface area contributed by atoms with E-state index in [0.717, 1.165) is 0 Å². The number of nitrogens with one attached hydrogen (secondary N) is 1. The Morgan fingerprint density at radius 2 is 1.89 bits per heavy atom. The van der Waals surface area contributed by atoms with E-state index >= 15 is 0 Å². The van der Waals surface area contributed by atoms with E-state index in [-0.39, 0.29) is 18.2 Å². The molecule has 2 amide bonds. The standard InChI is InChI=1S/C13H19N3O2/c1-8(2)12(15)13(18)16-10-6-4-3-5-9(10)7-11(14)17/h3-6,8,12H,7,15H2,1-2H3,(H2,14,17)(H,16,18). The summed E-state index contributed by atoms with van der Waals surface area (Å²) in [5.41, 5.74) is 12.2. The molecule has 98 valence electrons. The van der Waals surface area contributed by atoms with Crippen LogP contribution < -0.4 is 16.8 Å². The van der Waals surface area contributed by atoms with Crippen molar-refractivity contribution in [1.82, 2.24) is 0 Å². The van der Waals surface area contributed by atoms with Gasteiger partial charge in [-0.15, -0.1) is 0 Å². The van der Waals surface area contributed by atoms with Crippen LogP contribution in [0.3, 0.4) is 0 Å². The molecule has 0 heterocycles. The molecule has 0 bridgehead atoms. The first-order valence-electron chi connectivity index (χ1n) is 5.84. The Hall–Kier alpha value is -1.88. The average Bonchev–Trinajstić information content (AvgIpc) is 2.29. The van der Waals surface area contributed by atoms with E-state index in [1.165, 1.54) is 0 Å². The van der Waals surface area contributed by atoms with Gasteiger partial charge in [-0.1, -0.05) is 32.0 Å². The summed E-state index contributed by atoms with van der Waals surface area (Å²) in [7, 11) is 0. The van der Waals surface area contributed by atoms with Crippen molar-refractivity contribution in [2.75, 3.05) is 5.32 Å². The number of para-hydroxylation sites is 1. The summed E-state index contributed by atoms with van der Waals surface area (Å²) in [5.74, 6) is -0.653. The molecule has 0 aliphatic carbocycles. The molecule has 0 aliphatic rings. The molecule has 1 unspecified atom stereocenters. The molecule has 5 nitrogen and oxygen atoms in total. The number of amides is 2. The molecule has 0 spiro atoms. The predicted molar refractivity (Wildman–Crippen MR) is 70.8 cm³/mol. The summed E-state index contributed by atoms with van der Waals surface area (Å²) in [4.78, 5) is 22.8. The first kappa shape index (κ1) is 14.2. The van der Waals surface area contributed by atoms with Crippen LogP contribution in [0.25, 0.3) is 0 Å². The van der Waals surface area contributed by atoms with Gasteiger partial charge in [0.25, 0.3) is 0 Å². The van der Waals surface area contributed by atoms with Crippen molar-refractivity contribution in [1.29, 1.82) is 0 Å². The third-order valence-electron chi connectivity index (χ3n) is 2.66. The van der Waals surface area contributed by atoms with Crippen LogP contribution in [-0.4, -0.2) is 17.9 Å². The van der Waals surface area contributed by atoms with Crippen molar-refractivity contribution < 1.29 is 9.59 Å². The summed E-state index contributed by atoms with van der Waals surface area (Å²) < 4.78 is 0. The Labute approximate surface area is 107 Å². The fourth-order valence-electron chi connectivity index (χ4n) is 1.50. The highest BCUT2D eigenvalue weighted by molar-refractivity contribution is 5.96. The van der Waals surface area contributed by atoms with Crippen LogP contribution in [0, 0.1) is 5.92 Å². The van der Waals surface area contributed by atoms with Gasteiger partial charge in [-0.25, -0.2) is 0 Å². The van der Waals surface area contributed by atoms with Gasteiger partial charge in [-0.05, 0) is 17.5 Å². The minimum Gasteiger partial charge on any atom is -0.369 e. The largest absolute Gasteiger partial charge is 0.369 e. The first-order valence-corrected chi connectivity index (χ1v) is 5.84. The van der Waals surface area contributed by atoms with Crippen molar-refractivity contribution in [2.45, 2.75) is 26.3 Å². The van der Waals surface area contributed by atoms with Gasteiger partial charge in [-0.3, -0.25) is 9.59 Å². The summed E-state index contributed by atoms with van der Waals surface area (Å²) >= 11 is 0. The molecule has 0 aliphatic heterocycles. The summed E-state index contributed by atoms with van der Waals surface area (Å²) in [6, 6.07) is 6.47. The van der Waals surface area contributed by atoms with Crippen LogP contribution in [-0.2, 0) is 16.0 Å². The molecule has 18 heavy (non-hydrogen) atoms. The van der Waals surface area contributed by atoms with Gasteiger partial charge in [-0.2, -0.15) is 0 Å². The van der Waals surface area contributed by atoms with E-state index in [1.54, 1.807) is 24.3 Å². The van der Waals surface area contributed by atoms with Gasteiger partial charge in [0.2, 0.25) is 11.8 Å². The maximum Gasteiger partial charge on any atom is 0.241 e. The van der Waals surface area contributed by atoms with Crippen LogP contribution >= 0.6 is 0 Å². The molecule has 1 rings (SSSR count).